The number of piperazine rings is 1. The molecular formula is C19H30N4O4S. The number of nitro groups is 1. The van der Waals surface area contributed by atoms with Crippen molar-refractivity contribution in [2.45, 2.75) is 44.0 Å². The smallest absolute Gasteiger partial charge is 0.293 e. The Kier molecular flexibility index (Phi) is 6.26. The molecule has 0 spiro atoms. The zero-order chi connectivity index (χ0) is 20.5. The molecule has 0 bridgehead atoms. The van der Waals surface area contributed by atoms with E-state index >= 15 is 0 Å². The number of nitro benzene ring substituents is 1. The Morgan fingerprint density at radius 3 is 2.46 bits per heavy atom. The van der Waals surface area contributed by atoms with Crippen LogP contribution in [0.2, 0.25) is 0 Å². The van der Waals surface area contributed by atoms with E-state index in [0.717, 1.165) is 12.8 Å². The minimum atomic E-state index is -3.74. The monoisotopic (exact) mass is 410 g/mol. The third-order valence-electron chi connectivity index (χ3n) is 6.31. The number of anilines is 1. The minimum Gasteiger partial charge on any atom is -0.376 e. The molecule has 1 aromatic rings. The van der Waals surface area contributed by atoms with Gasteiger partial charge in [-0.05, 0) is 37.4 Å². The molecular weight excluding hydrogens is 380 g/mol. The fraction of sp³-hybridized carbons (Fsp3) is 0.684. The molecule has 28 heavy (non-hydrogen) atoms. The average molecular weight is 411 g/mol. The number of hydrogen-bond acceptors (Lipinski definition) is 6. The number of sulfonamides is 1. The normalized spacial score (nSPS) is 27.5. The number of likely N-dealkylation sites (N-methyl/N-ethyl adjacent to an activating group) is 1. The lowest BCUT2D eigenvalue weighted by atomic mass is 9.78. The Balaban J connectivity index is 1.86. The van der Waals surface area contributed by atoms with Crippen LogP contribution >= 0.6 is 0 Å². The zero-order valence-corrected chi connectivity index (χ0v) is 17.6. The number of nitrogens with one attached hydrogen (secondary N) is 1. The summed E-state index contributed by atoms with van der Waals surface area (Å²) in [6.07, 6.45) is 3.22. The van der Waals surface area contributed by atoms with Crippen molar-refractivity contribution in [1.29, 1.82) is 0 Å². The predicted molar refractivity (Wildman–Crippen MR) is 109 cm³/mol. The fourth-order valence-corrected chi connectivity index (χ4v) is 5.55. The standard InChI is InChI=1S/C19H30N4O4S/c1-14-5-4-6-17(15(14)2)20-18-8-7-16(13-19(18)23(24)25)28(26,27)22-11-9-21(3)10-12-22/h7-8,13-15,17,20H,4-6,9-12H2,1-3H3/t14-,15+,17+/m0/s1. The van der Waals surface area contributed by atoms with Crippen LogP contribution in [-0.2, 0) is 10.0 Å². The zero-order valence-electron chi connectivity index (χ0n) is 16.8. The van der Waals surface area contributed by atoms with Crippen molar-refractivity contribution >= 4 is 21.4 Å². The molecule has 2 aliphatic rings. The molecule has 1 saturated heterocycles. The first-order chi connectivity index (χ1) is 13.2. The van der Waals surface area contributed by atoms with Gasteiger partial charge in [-0.3, -0.25) is 10.1 Å². The Morgan fingerprint density at radius 1 is 1.14 bits per heavy atom. The van der Waals surface area contributed by atoms with E-state index < -0.39 is 14.9 Å². The highest BCUT2D eigenvalue weighted by Gasteiger charge is 2.32. The molecule has 8 nitrogen and oxygen atoms in total. The summed E-state index contributed by atoms with van der Waals surface area (Å²) in [6, 6.07) is 4.39. The number of hydrogen-bond donors (Lipinski definition) is 1. The molecule has 3 rings (SSSR count). The highest BCUT2D eigenvalue weighted by atomic mass is 32.2. The van der Waals surface area contributed by atoms with Crippen molar-refractivity contribution in [3.63, 3.8) is 0 Å². The molecule has 1 N–H and O–H groups in total. The van der Waals surface area contributed by atoms with Gasteiger partial charge in [-0.15, -0.1) is 0 Å². The molecule has 0 unspecified atom stereocenters. The number of nitrogens with zero attached hydrogens (tertiary/aromatic N) is 3. The summed E-state index contributed by atoms with van der Waals surface area (Å²) >= 11 is 0. The number of rotatable bonds is 5. The van der Waals surface area contributed by atoms with E-state index in [-0.39, 0.29) is 16.6 Å². The average Bonchev–Trinajstić information content (AvgIpc) is 2.66. The summed E-state index contributed by atoms with van der Waals surface area (Å²) < 4.78 is 27.3. The molecule has 0 aromatic heterocycles. The van der Waals surface area contributed by atoms with Gasteiger partial charge >= 0.3 is 0 Å². The third-order valence-corrected chi connectivity index (χ3v) is 8.21. The summed E-state index contributed by atoms with van der Waals surface area (Å²) in [4.78, 5) is 13.2. The molecule has 1 saturated carbocycles. The SMILES string of the molecule is C[C@@H]1[C@@H](C)CCC[C@H]1Nc1ccc(S(=O)(=O)N2CCN(C)CC2)cc1[N+](=O)[O-]. The van der Waals surface area contributed by atoms with E-state index in [1.54, 1.807) is 6.07 Å². The topological polar surface area (TPSA) is 95.8 Å². The second kappa shape index (κ2) is 8.34. The summed E-state index contributed by atoms with van der Waals surface area (Å²) in [7, 11) is -1.79. The van der Waals surface area contributed by atoms with Crippen LogP contribution < -0.4 is 5.32 Å². The van der Waals surface area contributed by atoms with Crippen molar-refractivity contribution in [3.05, 3.63) is 28.3 Å². The molecule has 1 heterocycles. The molecule has 9 heteroatoms. The lowest BCUT2D eigenvalue weighted by Crippen LogP contribution is -2.47. The molecule has 1 aliphatic heterocycles. The van der Waals surface area contributed by atoms with Crippen LogP contribution in [0.4, 0.5) is 11.4 Å². The van der Waals surface area contributed by atoms with Crippen LogP contribution in [-0.4, -0.2) is 61.8 Å². The summed E-state index contributed by atoms with van der Waals surface area (Å²) in [5.41, 5.74) is 0.217. The van der Waals surface area contributed by atoms with Crippen LogP contribution in [0.3, 0.4) is 0 Å². The van der Waals surface area contributed by atoms with Gasteiger partial charge in [-0.25, -0.2) is 8.42 Å². The first-order valence-corrected chi connectivity index (χ1v) is 11.4. The maximum absolute atomic E-state index is 12.9. The van der Waals surface area contributed by atoms with Gasteiger partial charge in [-0.1, -0.05) is 26.7 Å². The van der Waals surface area contributed by atoms with Gasteiger partial charge in [0.05, 0.1) is 9.82 Å². The quantitative estimate of drug-likeness (QED) is 0.592. The van der Waals surface area contributed by atoms with Gasteiger partial charge in [0.25, 0.3) is 5.69 Å². The van der Waals surface area contributed by atoms with Gasteiger partial charge in [0.2, 0.25) is 10.0 Å². The van der Waals surface area contributed by atoms with Gasteiger partial charge in [0, 0.05) is 38.3 Å². The van der Waals surface area contributed by atoms with Gasteiger partial charge in [-0.2, -0.15) is 4.31 Å². The largest absolute Gasteiger partial charge is 0.376 e. The van der Waals surface area contributed by atoms with Crippen LogP contribution in [0, 0.1) is 22.0 Å². The Labute approximate surface area is 167 Å². The number of benzene rings is 1. The highest BCUT2D eigenvalue weighted by Crippen LogP contribution is 2.35. The lowest BCUT2D eigenvalue weighted by molar-refractivity contribution is -0.384. The second-order valence-corrected chi connectivity index (χ2v) is 10.1. The van der Waals surface area contributed by atoms with Crippen LogP contribution in [0.1, 0.15) is 33.1 Å². The molecule has 0 radical (unpaired) electrons. The highest BCUT2D eigenvalue weighted by molar-refractivity contribution is 7.89. The van der Waals surface area contributed by atoms with E-state index in [1.807, 2.05) is 7.05 Å². The Bertz CT molecular complexity index is 821. The molecule has 2 fully saturated rings. The summed E-state index contributed by atoms with van der Waals surface area (Å²) in [5.74, 6) is 0.962. The van der Waals surface area contributed by atoms with E-state index in [0.29, 0.717) is 43.7 Å². The first-order valence-electron chi connectivity index (χ1n) is 9.94. The predicted octanol–water partition coefficient (Wildman–Crippen LogP) is 2.77. The van der Waals surface area contributed by atoms with Crippen molar-refractivity contribution in [2.75, 3.05) is 38.5 Å². The first kappa shape index (κ1) is 21.0. The second-order valence-electron chi connectivity index (χ2n) is 8.16. The molecule has 1 aliphatic carbocycles. The van der Waals surface area contributed by atoms with E-state index in [9.17, 15) is 18.5 Å². The van der Waals surface area contributed by atoms with Crippen molar-refractivity contribution in [3.8, 4) is 0 Å². The van der Waals surface area contributed by atoms with Gasteiger partial charge < -0.3 is 10.2 Å². The Hall–Kier alpha value is -1.71. The fourth-order valence-electron chi connectivity index (χ4n) is 4.11. The summed E-state index contributed by atoms with van der Waals surface area (Å²) in [6.45, 7) is 6.46. The van der Waals surface area contributed by atoms with Crippen molar-refractivity contribution < 1.29 is 13.3 Å². The van der Waals surface area contributed by atoms with E-state index in [4.69, 9.17) is 0 Å². The molecule has 0 amide bonds. The van der Waals surface area contributed by atoms with Gasteiger partial charge in [0.15, 0.2) is 0 Å². The summed E-state index contributed by atoms with van der Waals surface area (Å²) in [5, 5.41) is 15.0. The molecule has 156 valence electrons. The minimum absolute atomic E-state index is 0.0145. The van der Waals surface area contributed by atoms with E-state index in [1.165, 1.54) is 22.9 Å². The third kappa shape index (κ3) is 4.31. The van der Waals surface area contributed by atoms with Crippen LogP contribution in [0.5, 0.6) is 0 Å². The maximum Gasteiger partial charge on any atom is 0.293 e. The van der Waals surface area contributed by atoms with Crippen molar-refractivity contribution in [2.24, 2.45) is 11.8 Å². The van der Waals surface area contributed by atoms with E-state index in [2.05, 4.69) is 24.1 Å². The lowest BCUT2D eigenvalue weighted by Gasteiger charge is -2.35. The van der Waals surface area contributed by atoms with Gasteiger partial charge in [0.1, 0.15) is 5.69 Å². The van der Waals surface area contributed by atoms with Crippen LogP contribution in [0.15, 0.2) is 23.1 Å². The molecule has 1 aromatic carbocycles. The molecule has 3 atom stereocenters. The Morgan fingerprint density at radius 2 is 1.82 bits per heavy atom. The maximum atomic E-state index is 12.9. The van der Waals surface area contributed by atoms with Crippen LogP contribution in [0.25, 0.3) is 0 Å². The van der Waals surface area contributed by atoms with Crippen molar-refractivity contribution in [1.82, 2.24) is 9.21 Å².